The van der Waals surface area contributed by atoms with Crippen LogP contribution in [0.4, 0.5) is 8.78 Å². The second-order valence-corrected chi connectivity index (χ2v) is 4.40. The van der Waals surface area contributed by atoms with Crippen LogP contribution < -0.4 is 5.32 Å². The molecule has 1 aromatic carbocycles. The van der Waals surface area contributed by atoms with Gasteiger partial charge in [-0.3, -0.25) is 0 Å². The van der Waals surface area contributed by atoms with E-state index < -0.39 is 11.6 Å². The van der Waals surface area contributed by atoms with Gasteiger partial charge in [0.1, 0.15) is 11.6 Å². The molecule has 0 amide bonds. The number of aromatic nitrogens is 2. The molecule has 1 heterocycles. The highest BCUT2D eigenvalue weighted by molar-refractivity contribution is 5.54. The first-order valence-electron chi connectivity index (χ1n) is 6.05. The van der Waals surface area contributed by atoms with Crippen molar-refractivity contribution in [1.82, 2.24) is 15.5 Å². The maximum Gasteiger partial charge on any atom is 0.227 e. The summed E-state index contributed by atoms with van der Waals surface area (Å²) >= 11 is 0. The number of rotatable bonds is 5. The molecule has 0 aliphatic rings. The third-order valence-corrected chi connectivity index (χ3v) is 2.87. The molecule has 0 bridgehead atoms. The van der Waals surface area contributed by atoms with Crippen LogP contribution >= 0.6 is 0 Å². The Morgan fingerprint density at radius 2 is 1.95 bits per heavy atom. The van der Waals surface area contributed by atoms with Crippen molar-refractivity contribution < 1.29 is 13.3 Å². The average molecular weight is 267 g/mol. The van der Waals surface area contributed by atoms with Gasteiger partial charge in [0.15, 0.2) is 0 Å². The monoisotopic (exact) mass is 267 g/mol. The van der Waals surface area contributed by atoms with E-state index in [2.05, 4.69) is 15.5 Å². The smallest absolute Gasteiger partial charge is 0.227 e. The minimum absolute atomic E-state index is 0.200. The summed E-state index contributed by atoms with van der Waals surface area (Å²) in [7, 11) is 1.87. The van der Waals surface area contributed by atoms with E-state index in [1.165, 1.54) is 12.1 Å². The fourth-order valence-electron chi connectivity index (χ4n) is 1.64. The Morgan fingerprint density at radius 1 is 1.26 bits per heavy atom. The molecule has 2 rings (SSSR count). The summed E-state index contributed by atoms with van der Waals surface area (Å²) in [5.74, 6) is -0.664. The van der Waals surface area contributed by atoms with E-state index in [4.69, 9.17) is 4.52 Å². The molecule has 4 nitrogen and oxygen atoms in total. The Labute approximate surface area is 109 Å². The van der Waals surface area contributed by atoms with Gasteiger partial charge in [0.2, 0.25) is 11.7 Å². The second-order valence-electron chi connectivity index (χ2n) is 4.40. The number of hydrogen-bond acceptors (Lipinski definition) is 4. The van der Waals surface area contributed by atoms with E-state index in [1.54, 1.807) is 0 Å². The predicted molar refractivity (Wildman–Crippen MR) is 66.5 cm³/mol. The van der Waals surface area contributed by atoms with E-state index in [1.807, 2.05) is 14.0 Å². The maximum atomic E-state index is 13.1. The number of nitrogens with one attached hydrogen (secondary N) is 1. The fourth-order valence-corrected chi connectivity index (χ4v) is 1.64. The van der Waals surface area contributed by atoms with Crippen LogP contribution in [0.15, 0.2) is 22.7 Å². The second kappa shape index (κ2) is 5.88. The van der Waals surface area contributed by atoms with Gasteiger partial charge in [0.25, 0.3) is 0 Å². The highest BCUT2D eigenvalue weighted by Crippen LogP contribution is 2.19. The van der Waals surface area contributed by atoms with Crippen LogP contribution in [0.25, 0.3) is 11.4 Å². The van der Waals surface area contributed by atoms with E-state index in [0.717, 1.165) is 12.5 Å². The molecule has 19 heavy (non-hydrogen) atoms. The van der Waals surface area contributed by atoms with Gasteiger partial charge in [-0.2, -0.15) is 4.98 Å². The lowest BCUT2D eigenvalue weighted by Gasteiger charge is -2.06. The first-order chi connectivity index (χ1) is 9.08. The zero-order chi connectivity index (χ0) is 13.8. The number of halogens is 2. The van der Waals surface area contributed by atoms with Gasteiger partial charge in [-0.25, -0.2) is 8.78 Å². The van der Waals surface area contributed by atoms with Crippen molar-refractivity contribution in [3.63, 3.8) is 0 Å². The van der Waals surface area contributed by atoms with Gasteiger partial charge in [0, 0.05) is 24.1 Å². The molecule has 0 radical (unpaired) electrons. The molecule has 2 aromatic rings. The van der Waals surface area contributed by atoms with E-state index in [0.29, 0.717) is 18.4 Å². The van der Waals surface area contributed by atoms with E-state index in [-0.39, 0.29) is 11.4 Å². The third-order valence-electron chi connectivity index (χ3n) is 2.87. The molecular formula is C13H15F2N3O. The standard InChI is InChI=1S/C13H15F2N3O/c1-8(16-2)3-4-12-17-13(18-19-12)9-5-10(14)7-11(15)6-9/h5-8,16H,3-4H2,1-2H3. The molecular weight excluding hydrogens is 252 g/mol. The van der Waals surface area contributed by atoms with Crippen molar-refractivity contribution in [3.8, 4) is 11.4 Å². The van der Waals surface area contributed by atoms with Crippen molar-refractivity contribution in [2.75, 3.05) is 7.05 Å². The van der Waals surface area contributed by atoms with Crippen molar-refractivity contribution in [2.24, 2.45) is 0 Å². The van der Waals surface area contributed by atoms with Crippen LogP contribution in [-0.2, 0) is 6.42 Å². The van der Waals surface area contributed by atoms with E-state index in [9.17, 15) is 8.78 Å². The molecule has 1 aromatic heterocycles. The van der Waals surface area contributed by atoms with E-state index >= 15 is 0 Å². The summed E-state index contributed by atoms with van der Waals surface area (Å²) in [5, 5.41) is 6.83. The van der Waals surface area contributed by atoms with Crippen molar-refractivity contribution in [1.29, 1.82) is 0 Å². The average Bonchev–Trinajstić information content (AvgIpc) is 2.83. The van der Waals surface area contributed by atoms with Gasteiger partial charge in [-0.15, -0.1) is 0 Å². The Balaban J connectivity index is 2.12. The van der Waals surface area contributed by atoms with Gasteiger partial charge >= 0.3 is 0 Å². The Bertz CT molecular complexity index is 536. The molecule has 0 spiro atoms. The number of aryl methyl sites for hydroxylation is 1. The zero-order valence-electron chi connectivity index (χ0n) is 10.8. The van der Waals surface area contributed by atoms with Crippen LogP contribution in [0.2, 0.25) is 0 Å². The minimum Gasteiger partial charge on any atom is -0.339 e. The Kier molecular flexibility index (Phi) is 4.21. The lowest BCUT2D eigenvalue weighted by atomic mass is 10.2. The van der Waals surface area contributed by atoms with Crippen LogP contribution in [0.1, 0.15) is 19.2 Å². The lowest BCUT2D eigenvalue weighted by Crippen LogP contribution is -2.21. The summed E-state index contributed by atoms with van der Waals surface area (Å²) in [4.78, 5) is 4.13. The molecule has 1 N–H and O–H groups in total. The van der Waals surface area contributed by atoms with Gasteiger partial charge in [0.05, 0.1) is 0 Å². The lowest BCUT2D eigenvalue weighted by molar-refractivity contribution is 0.369. The predicted octanol–water partition coefficient (Wildman–Crippen LogP) is 2.56. The minimum atomic E-state index is -0.662. The zero-order valence-corrected chi connectivity index (χ0v) is 10.8. The normalized spacial score (nSPS) is 12.6. The third kappa shape index (κ3) is 3.57. The molecule has 0 saturated heterocycles. The number of benzene rings is 1. The quantitative estimate of drug-likeness (QED) is 0.904. The van der Waals surface area contributed by atoms with Crippen molar-refractivity contribution >= 4 is 0 Å². The molecule has 0 aliphatic heterocycles. The van der Waals surface area contributed by atoms with Gasteiger partial charge in [-0.05, 0) is 32.5 Å². The highest BCUT2D eigenvalue weighted by Gasteiger charge is 2.11. The first-order valence-corrected chi connectivity index (χ1v) is 6.05. The maximum absolute atomic E-state index is 13.1. The van der Waals surface area contributed by atoms with Crippen LogP contribution in [-0.4, -0.2) is 23.2 Å². The van der Waals surface area contributed by atoms with Crippen LogP contribution in [0, 0.1) is 11.6 Å². The molecule has 102 valence electrons. The number of hydrogen-bond donors (Lipinski definition) is 1. The largest absolute Gasteiger partial charge is 0.339 e. The van der Waals surface area contributed by atoms with Gasteiger partial charge in [-0.1, -0.05) is 5.16 Å². The molecule has 0 fully saturated rings. The Hall–Kier alpha value is -1.82. The summed E-state index contributed by atoms with van der Waals surface area (Å²) < 4.78 is 31.2. The molecule has 0 aliphatic carbocycles. The topological polar surface area (TPSA) is 51.0 Å². The summed E-state index contributed by atoms with van der Waals surface area (Å²) in [6.07, 6.45) is 1.46. The first kappa shape index (κ1) is 13.6. The Morgan fingerprint density at radius 3 is 2.58 bits per heavy atom. The summed E-state index contributed by atoms with van der Waals surface area (Å²) in [5.41, 5.74) is 0.272. The molecule has 1 atom stereocenters. The fraction of sp³-hybridized carbons (Fsp3) is 0.385. The van der Waals surface area contributed by atoms with Crippen molar-refractivity contribution in [3.05, 3.63) is 35.7 Å². The molecule has 1 unspecified atom stereocenters. The highest BCUT2D eigenvalue weighted by atomic mass is 19.1. The summed E-state index contributed by atoms with van der Waals surface area (Å²) in [6.45, 7) is 2.04. The molecule has 6 heteroatoms. The van der Waals surface area contributed by atoms with Gasteiger partial charge < -0.3 is 9.84 Å². The van der Waals surface area contributed by atoms with Crippen LogP contribution in [0.3, 0.4) is 0 Å². The summed E-state index contributed by atoms with van der Waals surface area (Å²) in [6, 6.07) is 3.49. The van der Waals surface area contributed by atoms with Crippen molar-refractivity contribution in [2.45, 2.75) is 25.8 Å². The number of nitrogens with zero attached hydrogens (tertiary/aromatic N) is 2. The van der Waals surface area contributed by atoms with Crippen LogP contribution in [0.5, 0.6) is 0 Å². The SMILES string of the molecule is CNC(C)CCc1nc(-c2cc(F)cc(F)c2)no1. The molecule has 0 saturated carbocycles.